The van der Waals surface area contributed by atoms with E-state index < -0.39 is 6.10 Å². The van der Waals surface area contributed by atoms with E-state index >= 15 is 0 Å². The van der Waals surface area contributed by atoms with Crippen LogP contribution < -0.4 is 5.32 Å². The van der Waals surface area contributed by atoms with Gasteiger partial charge < -0.3 is 10.1 Å². The van der Waals surface area contributed by atoms with Crippen molar-refractivity contribution in [3.8, 4) is 0 Å². The molecule has 1 atom stereocenters. The molecule has 0 spiro atoms. The molecule has 0 aliphatic rings. The molecule has 5 heteroatoms. The van der Waals surface area contributed by atoms with E-state index in [9.17, 15) is 9.59 Å². The monoisotopic (exact) mass is 359 g/mol. The Bertz CT molecular complexity index is 714. The summed E-state index contributed by atoms with van der Waals surface area (Å²) in [6.07, 6.45) is 1.09. The van der Waals surface area contributed by atoms with Crippen molar-refractivity contribution in [2.75, 3.05) is 5.32 Å². The Morgan fingerprint density at radius 2 is 1.88 bits per heavy atom. The molecule has 0 aliphatic carbocycles. The van der Waals surface area contributed by atoms with Gasteiger partial charge in [0.1, 0.15) is 0 Å². The van der Waals surface area contributed by atoms with Gasteiger partial charge in [0, 0.05) is 17.0 Å². The highest BCUT2D eigenvalue weighted by atomic mass is 32.1. The van der Waals surface area contributed by atoms with Crippen molar-refractivity contribution in [1.82, 2.24) is 0 Å². The first-order chi connectivity index (χ1) is 11.9. The van der Waals surface area contributed by atoms with Gasteiger partial charge in [0.15, 0.2) is 6.10 Å². The SMILES string of the molecule is Cc1cc(C)c(NC(=O)C(C)OC(=O)CCCc2cccs2)c(C)c1. The van der Waals surface area contributed by atoms with Gasteiger partial charge in [-0.2, -0.15) is 0 Å². The number of aryl methyl sites for hydroxylation is 4. The van der Waals surface area contributed by atoms with Gasteiger partial charge in [0.2, 0.25) is 0 Å². The fraction of sp³-hybridized carbons (Fsp3) is 0.400. The topological polar surface area (TPSA) is 55.4 Å². The minimum Gasteiger partial charge on any atom is -0.453 e. The number of ether oxygens (including phenoxy) is 1. The van der Waals surface area contributed by atoms with Crippen LogP contribution in [0.4, 0.5) is 5.69 Å². The summed E-state index contributed by atoms with van der Waals surface area (Å²) >= 11 is 1.68. The molecule has 0 bridgehead atoms. The maximum atomic E-state index is 12.3. The molecule has 1 aromatic heterocycles. The Morgan fingerprint density at radius 1 is 1.20 bits per heavy atom. The zero-order chi connectivity index (χ0) is 18.4. The lowest BCUT2D eigenvalue weighted by molar-refractivity contribution is -0.153. The van der Waals surface area contributed by atoms with Crippen molar-refractivity contribution in [1.29, 1.82) is 0 Å². The molecule has 0 radical (unpaired) electrons. The molecular weight excluding hydrogens is 334 g/mol. The Balaban J connectivity index is 1.82. The van der Waals surface area contributed by atoms with Crippen molar-refractivity contribution in [3.63, 3.8) is 0 Å². The maximum absolute atomic E-state index is 12.3. The Kier molecular flexibility index (Phi) is 6.76. The number of thiophene rings is 1. The molecule has 134 valence electrons. The van der Waals surface area contributed by atoms with E-state index in [0.717, 1.165) is 35.2 Å². The molecule has 1 aromatic carbocycles. The van der Waals surface area contributed by atoms with Gasteiger partial charge in [0.25, 0.3) is 5.91 Å². The number of benzene rings is 1. The van der Waals surface area contributed by atoms with Gasteiger partial charge in [-0.3, -0.25) is 9.59 Å². The summed E-state index contributed by atoms with van der Waals surface area (Å²) in [5.74, 6) is -0.641. The van der Waals surface area contributed by atoms with Gasteiger partial charge in [-0.05, 0) is 63.1 Å². The highest BCUT2D eigenvalue weighted by Gasteiger charge is 2.19. The number of carbonyl (C=O) groups excluding carboxylic acids is 2. The molecule has 1 N–H and O–H groups in total. The zero-order valence-electron chi connectivity index (χ0n) is 15.2. The summed E-state index contributed by atoms with van der Waals surface area (Å²) in [5.41, 5.74) is 3.94. The third-order valence-corrected chi connectivity index (χ3v) is 4.92. The average Bonchev–Trinajstić information content (AvgIpc) is 3.03. The second kappa shape index (κ2) is 8.81. The lowest BCUT2D eigenvalue weighted by Crippen LogP contribution is -2.30. The number of amides is 1. The Morgan fingerprint density at radius 3 is 2.48 bits per heavy atom. The van der Waals surface area contributed by atoms with Crippen LogP contribution in [-0.4, -0.2) is 18.0 Å². The number of rotatable bonds is 7. The van der Waals surface area contributed by atoms with Crippen LogP contribution >= 0.6 is 11.3 Å². The molecule has 0 saturated carbocycles. The second-order valence-electron chi connectivity index (χ2n) is 6.33. The third kappa shape index (κ3) is 5.71. The molecule has 2 aromatic rings. The van der Waals surface area contributed by atoms with E-state index in [4.69, 9.17) is 4.74 Å². The standard InChI is InChI=1S/C20H25NO3S/c1-13-11-14(2)19(15(3)12-13)21-20(23)16(4)24-18(22)9-5-7-17-8-6-10-25-17/h6,8,10-12,16H,5,7,9H2,1-4H3,(H,21,23). The quantitative estimate of drug-likeness (QED) is 0.737. The summed E-state index contributed by atoms with van der Waals surface area (Å²) in [6.45, 7) is 7.53. The number of esters is 1. The van der Waals surface area contributed by atoms with Crippen LogP contribution in [0.15, 0.2) is 29.6 Å². The molecule has 0 fully saturated rings. The second-order valence-corrected chi connectivity index (χ2v) is 7.36. The van der Waals surface area contributed by atoms with Crippen LogP contribution in [0.2, 0.25) is 0 Å². The molecule has 25 heavy (non-hydrogen) atoms. The first-order valence-corrected chi connectivity index (χ1v) is 9.35. The van der Waals surface area contributed by atoms with E-state index in [1.807, 2.05) is 44.4 Å². The van der Waals surface area contributed by atoms with Crippen LogP contribution in [-0.2, 0) is 20.7 Å². The van der Waals surface area contributed by atoms with Crippen molar-refractivity contribution in [2.45, 2.75) is 53.1 Å². The molecule has 1 amide bonds. The number of anilines is 1. The fourth-order valence-electron chi connectivity index (χ4n) is 2.77. The van der Waals surface area contributed by atoms with Gasteiger partial charge in [-0.25, -0.2) is 0 Å². The van der Waals surface area contributed by atoms with Gasteiger partial charge >= 0.3 is 5.97 Å². The lowest BCUT2D eigenvalue weighted by Gasteiger charge is -2.17. The molecule has 0 saturated heterocycles. The predicted molar refractivity (Wildman–Crippen MR) is 102 cm³/mol. The van der Waals surface area contributed by atoms with Crippen molar-refractivity contribution in [2.24, 2.45) is 0 Å². The first-order valence-electron chi connectivity index (χ1n) is 8.47. The van der Waals surface area contributed by atoms with Crippen molar-refractivity contribution < 1.29 is 14.3 Å². The largest absolute Gasteiger partial charge is 0.453 e. The summed E-state index contributed by atoms with van der Waals surface area (Å²) in [4.78, 5) is 25.5. The van der Waals surface area contributed by atoms with Gasteiger partial charge in [-0.1, -0.05) is 23.8 Å². The first kappa shape index (κ1) is 19.2. The smallest absolute Gasteiger partial charge is 0.306 e. The van der Waals surface area contributed by atoms with Gasteiger partial charge in [-0.15, -0.1) is 11.3 Å². The molecule has 1 heterocycles. The molecule has 1 unspecified atom stereocenters. The molecular formula is C20H25NO3S. The van der Waals surface area contributed by atoms with Crippen LogP contribution in [0.25, 0.3) is 0 Å². The highest BCUT2D eigenvalue weighted by molar-refractivity contribution is 7.09. The zero-order valence-corrected chi connectivity index (χ0v) is 16.0. The fourth-order valence-corrected chi connectivity index (χ4v) is 3.52. The van der Waals surface area contributed by atoms with E-state index in [1.165, 1.54) is 4.88 Å². The highest BCUT2D eigenvalue weighted by Crippen LogP contribution is 2.22. The van der Waals surface area contributed by atoms with Crippen molar-refractivity contribution in [3.05, 3.63) is 51.2 Å². The van der Waals surface area contributed by atoms with Crippen LogP contribution in [0.5, 0.6) is 0 Å². The lowest BCUT2D eigenvalue weighted by atomic mass is 10.0. The summed E-state index contributed by atoms with van der Waals surface area (Å²) < 4.78 is 5.26. The minimum atomic E-state index is -0.811. The van der Waals surface area contributed by atoms with E-state index in [1.54, 1.807) is 18.3 Å². The maximum Gasteiger partial charge on any atom is 0.306 e. The van der Waals surface area contributed by atoms with E-state index in [-0.39, 0.29) is 11.9 Å². The number of nitrogens with one attached hydrogen (secondary N) is 1. The van der Waals surface area contributed by atoms with Gasteiger partial charge in [0.05, 0.1) is 0 Å². The average molecular weight is 359 g/mol. The summed E-state index contributed by atoms with van der Waals surface area (Å²) in [5, 5.41) is 4.90. The minimum absolute atomic E-state index is 0.304. The number of carbonyl (C=O) groups is 2. The van der Waals surface area contributed by atoms with E-state index in [2.05, 4.69) is 11.4 Å². The van der Waals surface area contributed by atoms with Crippen LogP contribution in [0, 0.1) is 20.8 Å². The van der Waals surface area contributed by atoms with Crippen LogP contribution in [0.1, 0.15) is 41.3 Å². The Labute approximate surface area is 153 Å². The summed E-state index contributed by atoms with van der Waals surface area (Å²) in [7, 11) is 0. The normalized spacial score (nSPS) is 11.8. The molecule has 4 nitrogen and oxygen atoms in total. The molecule has 0 aliphatic heterocycles. The summed E-state index contributed by atoms with van der Waals surface area (Å²) in [6, 6.07) is 8.09. The Hall–Kier alpha value is -2.14. The van der Waals surface area contributed by atoms with E-state index in [0.29, 0.717) is 6.42 Å². The number of hydrogen-bond donors (Lipinski definition) is 1. The predicted octanol–water partition coefficient (Wildman–Crippen LogP) is 4.57. The number of hydrogen-bond acceptors (Lipinski definition) is 4. The third-order valence-electron chi connectivity index (χ3n) is 3.99. The van der Waals surface area contributed by atoms with Crippen molar-refractivity contribution >= 4 is 28.9 Å². The van der Waals surface area contributed by atoms with Crippen LogP contribution in [0.3, 0.4) is 0 Å². The molecule has 2 rings (SSSR count).